The molecule has 0 aliphatic heterocycles. The van der Waals surface area contributed by atoms with E-state index in [2.05, 4.69) is 25.2 Å². The van der Waals surface area contributed by atoms with Crippen molar-refractivity contribution in [2.75, 3.05) is 11.9 Å². The Morgan fingerprint density at radius 3 is 2.84 bits per heavy atom. The van der Waals surface area contributed by atoms with Crippen molar-refractivity contribution < 1.29 is 9.90 Å². The normalized spacial score (nSPS) is 22.7. The third-order valence-electron chi connectivity index (χ3n) is 3.93. The van der Waals surface area contributed by atoms with E-state index in [0.29, 0.717) is 23.1 Å². The fourth-order valence-electron chi connectivity index (χ4n) is 2.69. The lowest BCUT2D eigenvalue weighted by atomic mass is 9.81. The van der Waals surface area contributed by atoms with Crippen LogP contribution in [0.15, 0.2) is 35.9 Å². The molecule has 0 fully saturated rings. The summed E-state index contributed by atoms with van der Waals surface area (Å²) < 4.78 is 0. The van der Waals surface area contributed by atoms with Crippen LogP contribution < -0.4 is 5.32 Å². The van der Waals surface area contributed by atoms with Crippen molar-refractivity contribution in [3.63, 3.8) is 0 Å². The van der Waals surface area contributed by atoms with Crippen molar-refractivity contribution in [2.45, 2.75) is 26.7 Å². The molecule has 2 unspecified atom stereocenters. The van der Waals surface area contributed by atoms with E-state index < -0.39 is 5.97 Å². The van der Waals surface area contributed by atoms with Crippen LogP contribution in [0.1, 0.15) is 37.0 Å². The Labute approximate surface area is 114 Å². The predicted molar refractivity (Wildman–Crippen MR) is 77.5 cm³/mol. The van der Waals surface area contributed by atoms with Crippen molar-refractivity contribution in [1.29, 1.82) is 0 Å². The summed E-state index contributed by atoms with van der Waals surface area (Å²) in [5.74, 6) is 0.343. The molecule has 1 aromatic carbocycles. The zero-order valence-electron chi connectivity index (χ0n) is 11.5. The Balaban J connectivity index is 2.01. The van der Waals surface area contributed by atoms with E-state index in [1.54, 1.807) is 12.1 Å². The molecule has 2 atom stereocenters. The molecule has 0 bridgehead atoms. The number of allylic oxidation sites excluding steroid dienone is 2. The van der Waals surface area contributed by atoms with Gasteiger partial charge in [0, 0.05) is 12.2 Å². The van der Waals surface area contributed by atoms with Crippen LogP contribution in [-0.2, 0) is 0 Å². The van der Waals surface area contributed by atoms with Crippen molar-refractivity contribution in [2.24, 2.45) is 11.8 Å². The third-order valence-corrected chi connectivity index (χ3v) is 3.93. The summed E-state index contributed by atoms with van der Waals surface area (Å²) >= 11 is 0. The maximum atomic E-state index is 11.1. The van der Waals surface area contributed by atoms with Gasteiger partial charge in [0.1, 0.15) is 0 Å². The van der Waals surface area contributed by atoms with Crippen LogP contribution in [0.2, 0.25) is 0 Å². The van der Waals surface area contributed by atoms with E-state index >= 15 is 0 Å². The minimum absolute atomic E-state index is 0.345. The van der Waals surface area contributed by atoms with E-state index in [1.807, 2.05) is 12.1 Å². The molecule has 1 aliphatic rings. The Hall–Kier alpha value is -1.77. The zero-order chi connectivity index (χ0) is 13.8. The van der Waals surface area contributed by atoms with Crippen molar-refractivity contribution in [3.05, 3.63) is 41.5 Å². The second-order valence-corrected chi connectivity index (χ2v) is 5.46. The minimum Gasteiger partial charge on any atom is -0.478 e. The van der Waals surface area contributed by atoms with Gasteiger partial charge in [-0.15, -0.1) is 0 Å². The van der Waals surface area contributed by atoms with Crippen LogP contribution in [0.25, 0.3) is 0 Å². The smallest absolute Gasteiger partial charge is 0.337 e. The maximum absolute atomic E-state index is 11.1. The molecule has 19 heavy (non-hydrogen) atoms. The first-order chi connectivity index (χ1) is 9.08. The molecule has 3 nitrogen and oxygen atoms in total. The Morgan fingerprint density at radius 2 is 2.16 bits per heavy atom. The maximum Gasteiger partial charge on any atom is 0.337 e. The molecule has 2 rings (SSSR count). The van der Waals surface area contributed by atoms with Gasteiger partial charge in [0.05, 0.1) is 5.56 Å². The lowest BCUT2D eigenvalue weighted by molar-refractivity contribution is 0.0698. The number of hydrogen-bond donors (Lipinski definition) is 2. The molecular weight excluding hydrogens is 238 g/mol. The van der Waals surface area contributed by atoms with E-state index in [0.717, 1.165) is 19.4 Å². The minimum atomic E-state index is -0.879. The molecule has 2 N–H and O–H groups in total. The van der Waals surface area contributed by atoms with E-state index in [9.17, 15) is 4.79 Å². The first kappa shape index (κ1) is 13.7. The number of aromatic carboxylic acids is 1. The fraction of sp³-hybridized carbons (Fsp3) is 0.438. The monoisotopic (exact) mass is 259 g/mol. The molecule has 0 spiro atoms. The molecule has 0 amide bonds. The SMILES string of the molecule is CC1=CCC(CNc2ccccc2C(=O)O)C(C)C1. The lowest BCUT2D eigenvalue weighted by Crippen LogP contribution is -2.24. The number of para-hydroxylation sites is 1. The fourth-order valence-corrected chi connectivity index (χ4v) is 2.69. The van der Waals surface area contributed by atoms with E-state index in [1.165, 1.54) is 5.57 Å². The van der Waals surface area contributed by atoms with Gasteiger partial charge in [0.15, 0.2) is 0 Å². The van der Waals surface area contributed by atoms with Crippen molar-refractivity contribution >= 4 is 11.7 Å². The third kappa shape index (κ3) is 3.37. The van der Waals surface area contributed by atoms with Gasteiger partial charge in [-0.1, -0.05) is 30.7 Å². The molecular formula is C16H21NO2. The van der Waals surface area contributed by atoms with Crippen molar-refractivity contribution in [1.82, 2.24) is 0 Å². The predicted octanol–water partition coefficient (Wildman–Crippen LogP) is 3.79. The first-order valence-corrected chi connectivity index (χ1v) is 6.79. The van der Waals surface area contributed by atoms with Gasteiger partial charge in [0.2, 0.25) is 0 Å². The molecule has 0 saturated carbocycles. The van der Waals surface area contributed by atoms with Gasteiger partial charge in [-0.3, -0.25) is 0 Å². The highest BCUT2D eigenvalue weighted by Gasteiger charge is 2.21. The number of rotatable bonds is 4. The molecule has 0 heterocycles. The molecule has 1 aliphatic carbocycles. The molecule has 0 saturated heterocycles. The average Bonchev–Trinajstić information content (AvgIpc) is 2.38. The summed E-state index contributed by atoms with van der Waals surface area (Å²) in [4.78, 5) is 11.1. The Bertz CT molecular complexity index is 493. The number of carboxylic acid groups (broad SMARTS) is 1. The molecule has 0 radical (unpaired) electrons. The lowest BCUT2D eigenvalue weighted by Gasteiger charge is -2.28. The zero-order valence-corrected chi connectivity index (χ0v) is 11.5. The number of anilines is 1. The Kier molecular flexibility index (Phi) is 4.25. The number of carbonyl (C=O) groups is 1. The molecule has 3 heteroatoms. The van der Waals surface area contributed by atoms with E-state index in [4.69, 9.17) is 5.11 Å². The summed E-state index contributed by atoms with van der Waals surface area (Å²) in [6.45, 7) is 5.28. The second kappa shape index (κ2) is 5.91. The number of benzene rings is 1. The first-order valence-electron chi connectivity index (χ1n) is 6.79. The number of nitrogens with one attached hydrogen (secondary N) is 1. The van der Waals surface area contributed by atoms with Crippen LogP contribution in [0.4, 0.5) is 5.69 Å². The summed E-state index contributed by atoms with van der Waals surface area (Å²) in [5.41, 5.74) is 2.53. The Morgan fingerprint density at radius 1 is 1.42 bits per heavy atom. The highest BCUT2D eigenvalue weighted by atomic mass is 16.4. The van der Waals surface area contributed by atoms with Crippen LogP contribution in [0, 0.1) is 11.8 Å². The van der Waals surface area contributed by atoms with Gasteiger partial charge in [-0.25, -0.2) is 4.79 Å². The van der Waals surface area contributed by atoms with Gasteiger partial charge in [-0.05, 0) is 43.7 Å². The van der Waals surface area contributed by atoms with Crippen LogP contribution in [-0.4, -0.2) is 17.6 Å². The average molecular weight is 259 g/mol. The standard InChI is InChI=1S/C16H21NO2/c1-11-7-8-13(12(2)9-11)10-17-15-6-4-3-5-14(15)16(18)19/h3-7,12-13,17H,8-10H2,1-2H3,(H,18,19). The van der Waals surface area contributed by atoms with Crippen LogP contribution in [0.3, 0.4) is 0 Å². The summed E-state index contributed by atoms with van der Waals surface area (Å²) in [7, 11) is 0. The molecule has 0 aromatic heterocycles. The highest BCUT2D eigenvalue weighted by molar-refractivity contribution is 5.94. The summed E-state index contributed by atoms with van der Waals surface area (Å²) in [6.07, 6.45) is 4.53. The molecule has 102 valence electrons. The number of carboxylic acids is 1. The van der Waals surface area contributed by atoms with Gasteiger partial charge >= 0.3 is 5.97 Å². The van der Waals surface area contributed by atoms with Gasteiger partial charge in [-0.2, -0.15) is 0 Å². The van der Waals surface area contributed by atoms with Gasteiger partial charge < -0.3 is 10.4 Å². The topological polar surface area (TPSA) is 49.3 Å². The molecule has 1 aromatic rings. The van der Waals surface area contributed by atoms with Crippen molar-refractivity contribution in [3.8, 4) is 0 Å². The van der Waals surface area contributed by atoms with Gasteiger partial charge in [0.25, 0.3) is 0 Å². The van der Waals surface area contributed by atoms with Crippen LogP contribution >= 0.6 is 0 Å². The summed E-state index contributed by atoms with van der Waals surface area (Å²) in [5, 5.41) is 12.4. The van der Waals surface area contributed by atoms with Crippen LogP contribution in [0.5, 0.6) is 0 Å². The largest absolute Gasteiger partial charge is 0.478 e. The quantitative estimate of drug-likeness (QED) is 0.809. The highest BCUT2D eigenvalue weighted by Crippen LogP contribution is 2.29. The second-order valence-electron chi connectivity index (χ2n) is 5.46. The summed E-state index contributed by atoms with van der Waals surface area (Å²) in [6, 6.07) is 7.09. The number of hydrogen-bond acceptors (Lipinski definition) is 2. The van der Waals surface area contributed by atoms with E-state index in [-0.39, 0.29) is 0 Å².